The van der Waals surface area contributed by atoms with Crippen molar-refractivity contribution in [3.8, 4) is 0 Å². The van der Waals surface area contributed by atoms with E-state index in [1.807, 2.05) is 24.1 Å². The van der Waals surface area contributed by atoms with Crippen LogP contribution in [-0.2, 0) is 23.1 Å². The van der Waals surface area contributed by atoms with Crippen molar-refractivity contribution in [2.45, 2.75) is 13.0 Å². The van der Waals surface area contributed by atoms with E-state index in [1.54, 1.807) is 7.11 Å². The minimum absolute atomic E-state index is 0.669. The maximum absolute atomic E-state index is 5.35. The first-order chi connectivity index (χ1) is 7.84. The summed E-state index contributed by atoms with van der Waals surface area (Å²) < 4.78 is 12.2. The third-order valence-corrected chi connectivity index (χ3v) is 2.30. The smallest absolute Gasteiger partial charge is 0.0945 e. The number of rotatable bonds is 9. The van der Waals surface area contributed by atoms with E-state index >= 15 is 0 Å². The van der Waals surface area contributed by atoms with Gasteiger partial charge in [0.1, 0.15) is 0 Å². The van der Waals surface area contributed by atoms with Crippen LogP contribution in [0, 0.1) is 0 Å². The predicted molar refractivity (Wildman–Crippen MR) is 62.2 cm³/mol. The fraction of sp³-hybridized carbons (Fsp3) is 0.727. The minimum Gasteiger partial charge on any atom is -0.382 e. The number of ether oxygens (including phenoxy) is 2. The summed E-state index contributed by atoms with van der Waals surface area (Å²) in [7, 11) is 3.68. The SMILES string of the molecule is COCCOCCCNCc1cncn1C. The van der Waals surface area contributed by atoms with E-state index in [4.69, 9.17) is 9.47 Å². The first kappa shape index (κ1) is 13.2. The van der Waals surface area contributed by atoms with Gasteiger partial charge in [0, 0.05) is 33.5 Å². The fourth-order valence-electron chi connectivity index (χ4n) is 1.31. The van der Waals surface area contributed by atoms with Crippen LogP contribution in [0.1, 0.15) is 12.1 Å². The normalized spacial score (nSPS) is 10.9. The number of aryl methyl sites for hydroxylation is 1. The van der Waals surface area contributed by atoms with Crippen molar-refractivity contribution in [2.75, 3.05) is 33.5 Å². The van der Waals surface area contributed by atoms with Crippen molar-refractivity contribution < 1.29 is 9.47 Å². The summed E-state index contributed by atoms with van der Waals surface area (Å²) in [4.78, 5) is 4.05. The molecule has 0 saturated carbocycles. The van der Waals surface area contributed by atoms with Crippen LogP contribution < -0.4 is 5.32 Å². The molecule has 0 spiro atoms. The highest BCUT2D eigenvalue weighted by Gasteiger charge is 1.96. The number of hydrogen-bond donors (Lipinski definition) is 1. The Balaban J connectivity index is 1.91. The molecule has 92 valence electrons. The lowest BCUT2D eigenvalue weighted by Crippen LogP contribution is -2.18. The van der Waals surface area contributed by atoms with E-state index in [0.29, 0.717) is 13.2 Å². The number of imidazole rings is 1. The Morgan fingerprint density at radius 1 is 1.38 bits per heavy atom. The van der Waals surface area contributed by atoms with Gasteiger partial charge in [-0.3, -0.25) is 0 Å². The maximum atomic E-state index is 5.35. The highest BCUT2D eigenvalue weighted by atomic mass is 16.5. The standard InChI is InChI=1S/C11H21N3O2/c1-14-10-13-9-11(14)8-12-4-3-5-16-7-6-15-2/h9-10,12H,3-8H2,1-2H3. The van der Waals surface area contributed by atoms with Gasteiger partial charge in [0.15, 0.2) is 0 Å². The Labute approximate surface area is 96.8 Å². The van der Waals surface area contributed by atoms with Crippen molar-refractivity contribution >= 4 is 0 Å². The van der Waals surface area contributed by atoms with E-state index in [9.17, 15) is 0 Å². The molecular weight excluding hydrogens is 206 g/mol. The Kier molecular flexibility index (Phi) is 6.80. The summed E-state index contributed by atoms with van der Waals surface area (Å²) in [6.45, 7) is 3.94. The van der Waals surface area contributed by atoms with Crippen molar-refractivity contribution in [3.63, 3.8) is 0 Å². The molecule has 0 radical (unpaired) electrons. The van der Waals surface area contributed by atoms with Crippen molar-refractivity contribution in [1.29, 1.82) is 0 Å². The van der Waals surface area contributed by atoms with Gasteiger partial charge in [0.05, 0.1) is 25.2 Å². The van der Waals surface area contributed by atoms with Crippen LogP contribution in [0.4, 0.5) is 0 Å². The molecular formula is C11H21N3O2. The van der Waals surface area contributed by atoms with Crippen LogP contribution in [0.2, 0.25) is 0 Å². The Morgan fingerprint density at radius 3 is 2.94 bits per heavy atom. The van der Waals surface area contributed by atoms with Gasteiger partial charge in [-0.1, -0.05) is 0 Å². The molecule has 1 N–H and O–H groups in total. The van der Waals surface area contributed by atoms with Gasteiger partial charge >= 0.3 is 0 Å². The maximum Gasteiger partial charge on any atom is 0.0945 e. The third-order valence-electron chi connectivity index (χ3n) is 2.30. The first-order valence-electron chi connectivity index (χ1n) is 5.57. The molecule has 1 aromatic rings. The van der Waals surface area contributed by atoms with Gasteiger partial charge in [0.25, 0.3) is 0 Å². The fourth-order valence-corrected chi connectivity index (χ4v) is 1.31. The molecule has 16 heavy (non-hydrogen) atoms. The molecule has 5 heteroatoms. The van der Waals surface area contributed by atoms with E-state index in [0.717, 1.165) is 26.1 Å². The summed E-state index contributed by atoms with van der Waals surface area (Å²) in [6.07, 6.45) is 4.70. The number of methoxy groups -OCH3 is 1. The molecule has 0 atom stereocenters. The summed E-state index contributed by atoms with van der Waals surface area (Å²) in [5.41, 5.74) is 1.19. The average Bonchev–Trinajstić information content (AvgIpc) is 2.68. The molecule has 0 unspecified atom stereocenters. The Bertz CT molecular complexity index is 276. The van der Waals surface area contributed by atoms with Gasteiger partial charge in [-0.2, -0.15) is 0 Å². The second-order valence-electron chi connectivity index (χ2n) is 3.63. The Hall–Kier alpha value is -0.910. The van der Waals surface area contributed by atoms with Crippen molar-refractivity contribution in [2.24, 2.45) is 7.05 Å². The van der Waals surface area contributed by atoms with Gasteiger partial charge in [-0.25, -0.2) is 4.98 Å². The van der Waals surface area contributed by atoms with E-state index in [1.165, 1.54) is 5.69 Å². The quantitative estimate of drug-likeness (QED) is 0.626. The molecule has 5 nitrogen and oxygen atoms in total. The highest BCUT2D eigenvalue weighted by molar-refractivity contribution is 4.96. The topological polar surface area (TPSA) is 48.3 Å². The van der Waals surface area contributed by atoms with Gasteiger partial charge in [0.2, 0.25) is 0 Å². The monoisotopic (exact) mass is 227 g/mol. The zero-order chi connectivity index (χ0) is 11.6. The van der Waals surface area contributed by atoms with Crippen LogP contribution in [0.15, 0.2) is 12.5 Å². The second kappa shape index (κ2) is 8.27. The van der Waals surface area contributed by atoms with Crippen LogP contribution in [0.3, 0.4) is 0 Å². The summed E-state index contributed by atoms with van der Waals surface area (Å²) in [6, 6.07) is 0. The van der Waals surface area contributed by atoms with Crippen LogP contribution in [0.25, 0.3) is 0 Å². The zero-order valence-electron chi connectivity index (χ0n) is 10.1. The van der Waals surface area contributed by atoms with Crippen LogP contribution in [-0.4, -0.2) is 43.0 Å². The Morgan fingerprint density at radius 2 is 2.25 bits per heavy atom. The molecule has 0 aliphatic heterocycles. The minimum atomic E-state index is 0.669. The van der Waals surface area contributed by atoms with E-state index in [-0.39, 0.29) is 0 Å². The number of hydrogen-bond acceptors (Lipinski definition) is 4. The summed E-state index contributed by atoms with van der Waals surface area (Å²) >= 11 is 0. The molecule has 1 heterocycles. The number of nitrogens with zero attached hydrogens (tertiary/aromatic N) is 2. The third kappa shape index (κ3) is 5.25. The molecule has 1 aromatic heterocycles. The molecule has 0 aliphatic rings. The van der Waals surface area contributed by atoms with Crippen molar-refractivity contribution in [1.82, 2.24) is 14.9 Å². The molecule has 0 bridgehead atoms. The zero-order valence-corrected chi connectivity index (χ0v) is 10.1. The van der Waals surface area contributed by atoms with E-state index in [2.05, 4.69) is 10.3 Å². The lowest BCUT2D eigenvalue weighted by molar-refractivity contribution is 0.0694. The van der Waals surface area contributed by atoms with Crippen LogP contribution in [0.5, 0.6) is 0 Å². The summed E-state index contributed by atoms with van der Waals surface area (Å²) in [5, 5.41) is 3.35. The number of aromatic nitrogens is 2. The molecule has 0 aromatic carbocycles. The van der Waals surface area contributed by atoms with Gasteiger partial charge in [-0.15, -0.1) is 0 Å². The van der Waals surface area contributed by atoms with Gasteiger partial charge in [-0.05, 0) is 13.0 Å². The second-order valence-corrected chi connectivity index (χ2v) is 3.63. The van der Waals surface area contributed by atoms with Gasteiger partial charge < -0.3 is 19.4 Å². The molecule has 0 saturated heterocycles. The molecule has 0 fully saturated rings. The van der Waals surface area contributed by atoms with Crippen LogP contribution >= 0.6 is 0 Å². The molecule has 0 aliphatic carbocycles. The average molecular weight is 227 g/mol. The lowest BCUT2D eigenvalue weighted by atomic mass is 10.4. The summed E-state index contributed by atoms with van der Waals surface area (Å²) in [5.74, 6) is 0. The van der Waals surface area contributed by atoms with Crippen molar-refractivity contribution in [3.05, 3.63) is 18.2 Å². The van der Waals surface area contributed by atoms with E-state index < -0.39 is 0 Å². The lowest BCUT2D eigenvalue weighted by Gasteiger charge is -2.06. The first-order valence-corrected chi connectivity index (χ1v) is 5.57. The molecule has 1 rings (SSSR count). The predicted octanol–water partition coefficient (Wildman–Crippen LogP) is 0.563. The largest absolute Gasteiger partial charge is 0.382 e. The highest BCUT2D eigenvalue weighted by Crippen LogP contribution is 1.94. The molecule has 0 amide bonds. The number of nitrogens with one attached hydrogen (secondary N) is 1.